The highest BCUT2D eigenvalue weighted by Gasteiger charge is 2.62. The third-order valence-corrected chi connectivity index (χ3v) is 7.48. The molecule has 2 saturated heterocycles. The smallest absolute Gasteiger partial charge is 0.421 e. The summed E-state index contributed by atoms with van der Waals surface area (Å²) in [6, 6.07) is 5.35. The van der Waals surface area contributed by atoms with Crippen molar-refractivity contribution in [1.29, 1.82) is 0 Å². The Bertz CT molecular complexity index is 1160. The van der Waals surface area contributed by atoms with Gasteiger partial charge in [-0.3, -0.25) is 5.32 Å². The van der Waals surface area contributed by atoms with E-state index in [-0.39, 0.29) is 35.4 Å². The summed E-state index contributed by atoms with van der Waals surface area (Å²) in [6.45, 7) is 2.43. The zero-order chi connectivity index (χ0) is 28.2. The second kappa shape index (κ2) is 12.3. The van der Waals surface area contributed by atoms with E-state index >= 15 is 0 Å². The molecule has 2 aromatic carbocycles. The van der Waals surface area contributed by atoms with Crippen LogP contribution in [0.3, 0.4) is 0 Å². The van der Waals surface area contributed by atoms with Gasteiger partial charge in [-0.1, -0.05) is 37.8 Å². The highest BCUT2D eigenvalue weighted by molar-refractivity contribution is 6.30. The lowest BCUT2D eigenvalue weighted by atomic mass is 9.84. The third-order valence-electron chi connectivity index (χ3n) is 7.24. The van der Waals surface area contributed by atoms with E-state index in [0.29, 0.717) is 13.0 Å². The molecule has 2 heterocycles. The monoisotopic (exact) mass is 575 g/mol. The number of piperidine rings is 1. The molecular weight excluding hydrogens is 545 g/mol. The van der Waals surface area contributed by atoms with Crippen molar-refractivity contribution in [2.24, 2.45) is 5.92 Å². The lowest BCUT2D eigenvalue weighted by molar-refractivity contribution is -0.334. The summed E-state index contributed by atoms with van der Waals surface area (Å²) in [4.78, 5) is 12.9. The molecule has 0 aliphatic carbocycles. The Balaban J connectivity index is 1.60. The van der Waals surface area contributed by atoms with Crippen LogP contribution in [0.1, 0.15) is 51.0 Å². The molecule has 6 nitrogen and oxygen atoms in total. The summed E-state index contributed by atoms with van der Waals surface area (Å²) in [5.41, 5.74) is -3.22. The molecule has 4 rings (SSSR count). The van der Waals surface area contributed by atoms with Gasteiger partial charge in [0, 0.05) is 17.0 Å². The fourth-order valence-electron chi connectivity index (χ4n) is 5.11. The molecule has 12 heteroatoms. The van der Waals surface area contributed by atoms with Crippen LogP contribution in [0.5, 0.6) is 5.75 Å². The number of hydrogen-bond donors (Lipinski definition) is 3. The number of carbonyl (C=O) groups is 1. The minimum absolute atomic E-state index is 0.0796. The van der Waals surface area contributed by atoms with E-state index in [9.17, 15) is 26.7 Å². The van der Waals surface area contributed by atoms with E-state index in [0.717, 1.165) is 49.9 Å². The molecule has 4 atom stereocenters. The van der Waals surface area contributed by atoms with Gasteiger partial charge in [0.1, 0.15) is 17.4 Å². The molecule has 2 amide bonds. The molecule has 0 spiro atoms. The number of hydrogen-bond acceptors (Lipinski definition) is 4. The van der Waals surface area contributed by atoms with Crippen LogP contribution in [0.15, 0.2) is 36.4 Å². The van der Waals surface area contributed by atoms with Crippen molar-refractivity contribution in [3.05, 3.63) is 58.6 Å². The second-order valence-corrected chi connectivity index (χ2v) is 10.3. The molecule has 0 saturated carbocycles. The molecule has 214 valence electrons. The summed E-state index contributed by atoms with van der Waals surface area (Å²) in [7, 11) is 0. The van der Waals surface area contributed by atoms with Crippen molar-refractivity contribution >= 4 is 23.3 Å². The normalized spacial score (nSPS) is 25.1. The van der Waals surface area contributed by atoms with Gasteiger partial charge in [-0.25, -0.2) is 13.6 Å². The number of halogens is 6. The predicted octanol–water partition coefficient (Wildman–Crippen LogP) is 6.88. The Morgan fingerprint density at radius 1 is 1.21 bits per heavy atom. The van der Waals surface area contributed by atoms with Gasteiger partial charge in [0.25, 0.3) is 0 Å². The maximum absolute atomic E-state index is 14.3. The van der Waals surface area contributed by atoms with Crippen molar-refractivity contribution in [3.8, 4) is 5.75 Å². The van der Waals surface area contributed by atoms with Gasteiger partial charge in [0.15, 0.2) is 11.8 Å². The number of nitrogens with one attached hydrogen (secondary N) is 3. The lowest BCUT2D eigenvalue weighted by Gasteiger charge is -2.45. The SMILES string of the molecule is CCCCCC1CCNC(Oc2ccc(F)cc2C2(C(F)(F)F)CCO2)C1NC(=O)Nc1ccc(Cl)cc1F. The Kier molecular flexibility index (Phi) is 9.23. The van der Waals surface area contributed by atoms with Crippen LogP contribution >= 0.6 is 11.6 Å². The van der Waals surface area contributed by atoms with Gasteiger partial charge in [-0.05, 0) is 61.7 Å². The van der Waals surface area contributed by atoms with E-state index in [4.69, 9.17) is 21.1 Å². The number of urea groups is 1. The molecule has 0 radical (unpaired) electrons. The Labute approximate surface area is 228 Å². The number of alkyl halides is 3. The Morgan fingerprint density at radius 2 is 1.97 bits per heavy atom. The van der Waals surface area contributed by atoms with E-state index in [1.807, 2.05) is 0 Å². The quantitative estimate of drug-likeness (QED) is 0.225. The third kappa shape index (κ3) is 6.58. The Hall–Kier alpha value is -2.63. The van der Waals surface area contributed by atoms with Crippen LogP contribution in [0.2, 0.25) is 5.02 Å². The van der Waals surface area contributed by atoms with Crippen LogP contribution in [0, 0.1) is 17.6 Å². The topological polar surface area (TPSA) is 71.6 Å². The Morgan fingerprint density at radius 3 is 2.62 bits per heavy atom. The van der Waals surface area contributed by atoms with E-state index in [2.05, 4.69) is 22.9 Å². The fourth-order valence-corrected chi connectivity index (χ4v) is 5.27. The van der Waals surface area contributed by atoms with Crippen LogP contribution < -0.4 is 20.7 Å². The molecule has 3 N–H and O–H groups in total. The molecule has 39 heavy (non-hydrogen) atoms. The number of amides is 2. The number of carbonyl (C=O) groups excluding carboxylic acids is 1. The summed E-state index contributed by atoms with van der Waals surface area (Å²) >= 11 is 5.79. The molecule has 2 aliphatic heterocycles. The molecule has 0 aromatic heterocycles. The summed E-state index contributed by atoms with van der Waals surface area (Å²) in [6.07, 6.45) is -1.86. The molecular formula is C27H31ClF5N3O3. The van der Waals surface area contributed by atoms with Gasteiger partial charge in [0.05, 0.1) is 18.3 Å². The zero-order valence-electron chi connectivity index (χ0n) is 21.3. The number of rotatable bonds is 9. The molecule has 4 unspecified atom stereocenters. The number of anilines is 1. The average molecular weight is 576 g/mol. The summed E-state index contributed by atoms with van der Waals surface area (Å²) in [5, 5.41) is 8.56. The van der Waals surface area contributed by atoms with Crippen molar-refractivity contribution in [2.45, 2.75) is 69.5 Å². The van der Waals surface area contributed by atoms with Crippen LogP contribution in [0.4, 0.5) is 32.4 Å². The maximum atomic E-state index is 14.3. The lowest BCUT2D eigenvalue weighted by Crippen LogP contribution is -2.61. The first-order chi connectivity index (χ1) is 18.5. The highest BCUT2D eigenvalue weighted by Crippen LogP contribution is 2.53. The second-order valence-electron chi connectivity index (χ2n) is 9.85. The minimum Gasteiger partial charge on any atom is -0.473 e. The molecule has 2 fully saturated rings. The number of ether oxygens (including phenoxy) is 2. The standard InChI is InChI=1S/C27H31ClF5N3O3/c1-2-3-4-5-16-10-12-34-24(23(16)36-25(37)35-21-8-6-17(28)14-20(21)30)39-22-9-7-18(29)15-19(22)26(11-13-38-26)27(31,32)33/h6-9,14-16,23-24,34H,2-5,10-13H2,1H3,(H2,35,36,37). The summed E-state index contributed by atoms with van der Waals surface area (Å²) in [5.74, 6) is -1.86. The number of benzene rings is 2. The fraction of sp³-hybridized carbons (Fsp3) is 0.519. The van der Waals surface area contributed by atoms with E-state index in [1.165, 1.54) is 12.1 Å². The first-order valence-electron chi connectivity index (χ1n) is 13.0. The first kappa shape index (κ1) is 29.4. The van der Waals surface area contributed by atoms with Crippen molar-refractivity contribution in [2.75, 3.05) is 18.5 Å². The van der Waals surface area contributed by atoms with Gasteiger partial charge in [-0.15, -0.1) is 0 Å². The molecule has 0 bridgehead atoms. The molecule has 2 aliphatic rings. The van der Waals surface area contributed by atoms with Crippen LogP contribution in [0.25, 0.3) is 0 Å². The average Bonchev–Trinajstić information content (AvgIpc) is 2.83. The first-order valence-corrected chi connectivity index (χ1v) is 13.3. The van der Waals surface area contributed by atoms with Gasteiger partial charge in [0.2, 0.25) is 0 Å². The van der Waals surface area contributed by atoms with Crippen molar-refractivity contribution in [1.82, 2.24) is 10.6 Å². The number of unbranched alkanes of at least 4 members (excludes halogenated alkanes) is 2. The van der Waals surface area contributed by atoms with Crippen molar-refractivity contribution in [3.63, 3.8) is 0 Å². The zero-order valence-corrected chi connectivity index (χ0v) is 22.1. The van der Waals surface area contributed by atoms with Crippen LogP contribution in [-0.2, 0) is 10.3 Å². The minimum atomic E-state index is -4.79. The molecule has 2 aromatic rings. The van der Waals surface area contributed by atoms with E-state index < -0.39 is 47.3 Å². The maximum Gasteiger partial charge on any atom is 0.421 e. The van der Waals surface area contributed by atoms with Crippen molar-refractivity contribution < 1.29 is 36.2 Å². The highest BCUT2D eigenvalue weighted by atomic mass is 35.5. The van der Waals surface area contributed by atoms with Gasteiger partial charge in [-0.2, -0.15) is 13.2 Å². The largest absolute Gasteiger partial charge is 0.473 e. The summed E-state index contributed by atoms with van der Waals surface area (Å²) < 4.78 is 81.7. The van der Waals surface area contributed by atoms with Crippen LogP contribution in [-0.4, -0.2) is 37.6 Å². The van der Waals surface area contributed by atoms with Gasteiger partial charge >= 0.3 is 12.2 Å². The van der Waals surface area contributed by atoms with Gasteiger partial charge < -0.3 is 20.1 Å². The predicted molar refractivity (Wildman–Crippen MR) is 137 cm³/mol. The van der Waals surface area contributed by atoms with E-state index in [1.54, 1.807) is 0 Å².